The molecule has 0 aliphatic carbocycles. The van der Waals surface area contributed by atoms with Gasteiger partial charge in [0, 0.05) is 0 Å². The molecule has 0 unspecified atom stereocenters. The molecule has 3 aromatic carbocycles. The second-order valence-electron chi connectivity index (χ2n) is 7.47. The van der Waals surface area contributed by atoms with E-state index in [0.29, 0.717) is 34.3 Å². The lowest BCUT2D eigenvalue weighted by atomic mass is 10.1. The molecule has 0 radical (unpaired) electrons. The zero-order valence-electron chi connectivity index (χ0n) is 19.8. The number of fused-ring (bicyclic) bond motifs is 1. The van der Waals surface area contributed by atoms with Gasteiger partial charge in [0.15, 0.2) is 23.0 Å². The fourth-order valence-corrected chi connectivity index (χ4v) is 3.41. The van der Waals surface area contributed by atoms with Crippen LogP contribution in [0.4, 0.5) is 0 Å². The lowest BCUT2D eigenvalue weighted by molar-refractivity contribution is -0.130. The number of nitrogens with one attached hydrogen (secondary N) is 1. The Bertz CT molecular complexity index is 1270. The molecule has 0 spiro atoms. The molecule has 1 heterocycles. The molecular formula is C26H24N2O8. The smallest absolute Gasteiger partial charge is 0.343 e. The van der Waals surface area contributed by atoms with E-state index in [2.05, 4.69) is 10.5 Å². The van der Waals surface area contributed by atoms with Crippen LogP contribution < -0.4 is 33.8 Å². The first kappa shape index (κ1) is 24.4. The monoisotopic (exact) mass is 492 g/mol. The lowest BCUT2D eigenvalue weighted by Gasteiger charge is -2.24. The van der Waals surface area contributed by atoms with Crippen molar-refractivity contribution in [3.05, 3.63) is 71.8 Å². The number of ether oxygens (including phenoxy) is 6. The van der Waals surface area contributed by atoms with E-state index < -0.39 is 18.0 Å². The van der Waals surface area contributed by atoms with Crippen molar-refractivity contribution >= 4 is 18.1 Å². The molecule has 1 amide bonds. The van der Waals surface area contributed by atoms with Crippen molar-refractivity contribution in [1.82, 2.24) is 5.43 Å². The van der Waals surface area contributed by atoms with Crippen molar-refractivity contribution in [1.29, 1.82) is 0 Å². The van der Waals surface area contributed by atoms with Crippen molar-refractivity contribution in [3.8, 4) is 34.5 Å². The Kier molecular flexibility index (Phi) is 7.54. The maximum absolute atomic E-state index is 12.7. The molecule has 0 aromatic heterocycles. The minimum absolute atomic E-state index is 0.0741. The number of para-hydroxylation sites is 2. The standard InChI is InChI=1S/C26H24N2O8/c1-31-21-12-17(13-22(32-2)24(21)33-3)26(30)35-18-8-6-7-16(11-18)14-27-28-25(29)23-15-34-19-9-4-5-10-20(19)36-23/h4-14,23H,15H2,1-3H3,(H,28,29)/b27-14-/t23-/m0/s1. The molecular weight excluding hydrogens is 468 g/mol. The largest absolute Gasteiger partial charge is 0.493 e. The molecule has 0 saturated heterocycles. The highest BCUT2D eigenvalue weighted by atomic mass is 16.6. The van der Waals surface area contributed by atoms with Crippen molar-refractivity contribution < 1.29 is 38.0 Å². The average Bonchev–Trinajstić information content (AvgIpc) is 2.91. The Hall–Kier alpha value is -4.73. The van der Waals surface area contributed by atoms with Gasteiger partial charge in [-0.3, -0.25) is 4.79 Å². The topological polar surface area (TPSA) is 114 Å². The van der Waals surface area contributed by atoms with Crippen molar-refractivity contribution in [2.75, 3.05) is 27.9 Å². The van der Waals surface area contributed by atoms with Gasteiger partial charge in [0.25, 0.3) is 5.91 Å². The molecule has 0 bridgehead atoms. The number of benzene rings is 3. The van der Waals surface area contributed by atoms with Crippen molar-refractivity contribution in [2.24, 2.45) is 5.10 Å². The Morgan fingerprint density at radius 3 is 2.36 bits per heavy atom. The number of esters is 1. The molecule has 1 N–H and O–H groups in total. The van der Waals surface area contributed by atoms with Crippen LogP contribution in [-0.4, -0.2) is 52.1 Å². The predicted octanol–water partition coefficient (Wildman–Crippen LogP) is 3.22. The maximum Gasteiger partial charge on any atom is 0.343 e. The molecule has 1 aliphatic heterocycles. The van der Waals surface area contributed by atoms with E-state index in [1.807, 2.05) is 6.07 Å². The van der Waals surface area contributed by atoms with Crippen LogP contribution in [0.2, 0.25) is 0 Å². The highest BCUT2D eigenvalue weighted by molar-refractivity contribution is 5.93. The summed E-state index contributed by atoms with van der Waals surface area (Å²) in [5.41, 5.74) is 3.24. The second-order valence-corrected chi connectivity index (χ2v) is 7.47. The van der Waals surface area contributed by atoms with Gasteiger partial charge in [0.05, 0.1) is 33.1 Å². The fourth-order valence-electron chi connectivity index (χ4n) is 3.41. The third-order valence-corrected chi connectivity index (χ3v) is 5.16. The van der Waals surface area contributed by atoms with Crippen LogP contribution in [0.15, 0.2) is 65.8 Å². The number of carbonyl (C=O) groups is 2. The van der Waals surface area contributed by atoms with Gasteiger partial charge in [-0.05, 0) is 42.0 Å². The molecule has 36 heavy (non-hydrogen) atoms. The van der Waals surface area contributed by atoms with E-state index in [1.165, 1.54) is 39.7 Å². The van der Waals surface area contributed by atoms with Gasteiger partial charge in [-0.15, -0.1) is 0 Å². The van der Waals surface area contributed by atoms with Gasteiger partial charge in [-0.25, -0.2) is 10.2 Å². The lowest BCUT2D eigenvalue weighted by Crippen LogP contribution is -2.42. The normalized spacial score (nSPS) is 14.1. The number of amides is 1. The number of nitrogens with zero attached hydrogens (tertiary/aromatic N) is 1. The number of methoxy groups -OCH3 is 3. The molecule has 186 valence electrons. The summed E-state index contributed by atoms with van der Waals surface area (Å²) >= 11 is 0. The predicted molar refractivity (Wildman–Crippen MR) is 130 cm³/mol. The number of carbonyl (C=O) groups excluding carboxylic acids is 2. The van der Waals surface area contributed by atoms with Crippen LogP contribution in [-0.2, 0) is 4.79 Å². The summed E-state index contributed by atoms with van der Waals surface area (Å²) in [4.78, 5) is 25.1. The first-order valence-corrected chi connectivity index (χ1v) is 10.9. The third kappa shape index (κ3) is 5.49. The molecule has 4 rings (SSSR count). The second kappa shape index (κ2) is 11.1. The number of hydrogen-bond donors (Lipinski definition) is 1. The van der Waals surface area contributed by atoms with Crippen LogP contribution in [0, 0.1) is 0 Å². The summed E-state index contributed by atoms with van der Waals surface area (Å²) < 4.78 is 32.5. The van der Waals surface area contributed by atoms with Crippen LogP contribution in [0.1, 0.15) is 15.9 Å². The first-order chi connectivity index (χ1) is 17.5. The summed E-state index contributed by atoms with van der Waals surface area (Å²) in [6.07, 6.45) is 0.592. The fraction of sp³-hybridized carbons (Fsp3) is 0.192. The van der Waals surface area contributed by atoms with Gasteiger partial charge in [0.1, 0.15) is 12.4 Å². The van der Waals surface area contributed by atoms with Crippen molar-refractivity contribution in [2.45, 2.75) is 6.10 Å². The van der Waals surface area contributed by atoms with Crippen molar-refractivity contribution in [3.63, 3.8) is 0 Å². The summed E-state index contributed by atoms with van der Waals surface area (Å²) in [7, 11) is 4.39. The van der Waals surface area contributed by atoms with E-state index in [4.69, 9.17) is 28.4 Å². The molecule has 1 atom stereocenters. The van der Waals surface area contributed by atoms with Crippen LogP contribution in [0.3, 0.4) is 0 Å². The number of rotatable bonds is 8. The summed E-state index contributed by atoms with van der Waals surface area (Å²) in [6, 6.07) is 16.8. The van der Waals surface area contributed by atoms with E-state index in [1.54, 1.807) is 42.5 Å². The zero-order valence-corrected chi connectivity index (χ0v) is 19.8. The van der Waals surface area contributed by atoms with Gasteiger partial charge in [-0.1, -0.05) is 24.3 Å². The number of hydrogen-bond acceptors (Lipinski definition) is 9. The molecule has 10 heteroatoms. The number of hydrazone groups is 1. The Balaban J connectivity index is 1.39. The molecule has 0 fully saturated rings. The molecule has 1 aliphatic rings. The first-order valence-electron chi connectivity index (χ1n) is 10.9. The zero-order chi connectivity index (χ0) is 25.5. The van der Waals surface area contributed by atoms with Crippen LogP contribution in [0.25, 0.3) is 0 Å². The van der Waals surface area contributed by atoms with Gasteiger partial charge < -0.3 is 28.4 Å². The van der Waals surface area contributed by atoms with E-state index in [-0.39, 0.29) is 17.9 Å². The van der Waals surface area contributed by atoms with E-state index >= 15 is 0 Å². The molecule has 0 saturated carbocycles. The minimum atomic E-state index is -0.831. The highest BCUT2D eigenvalue weighted by Crippen LogP contribution is 2.38. The highest BCUT2D eigenvalue weighted by Gasteiger charge is 2.27. The quantitative estimate of drug-likeness (QED) is 0.221. The molecule has 10 nitrogen and oxygen atoms in total. The van der Waals surface area contributed by atoms with Crippen LogP contribution in [0.5, 0.6) is 34.5 Å². The summed E-state index contributed by atoms with van der Waals surface area (Å²) in [5, 5.41) is 3.97. The van der Waals surface area contributed by atoms with Gasteiger partial charge >= 0.3 is 5.97 Å². The minimum Gasteiger partial charge on any atom is -0.493 e. The summed E-state index contributed by atoms with van der Waals surface area (Å²) in [6.45, 7) is 0.0741. The summed E-state index contributed by atoms with van der Waals surface area (Å²) in [5.74, 6) is 1.32. The maximum atomic E-state index is 12.7. The Morgan fingerprint density at radius 2 is 1.67 bits per heavy atom. The van der Waals surface area contributed by atoms with Gasteiger partial charge in [-0.2, -0.15) is 5.10 Å². The Morgan fingerprint density at radius 1 is 0.944 bits per heavy atom. The van der Waals surface area contributed by atoms with Crippen LogP contribution >= 0.6 is 0 Å². The molecule has 3 aromatic rings. The van der Waals surface area contributed by atoms with E-state index in [9.17, 15) is 9.59 Å². The third-order valence-electron chi connectivity index (χ3n) is 5.16. The van der Waals surface area contributed by atoms with E-state index in [0.717, 1.165) is 0 Å². The van der Waals surface area contributed by atoms with Gasteiger partial charge in [0.2, 0.25) is 11.9 Å². The SMILES string of the molecule is COc1cc(C(=O)Oc2cccc(/C=N\NC(=O)[C@@H]3COc4ccccc4O3)c2)cc(OC)c1OC. The Labute approximate surface area is 207 Å². The average molecular weight is 492 g/mol.